The van der Waals surface area contributed by atoms with Crippen molar-refractivity contribution in [1.29, 1.82) is 0 Å². The van der Waals surface area contributed by atoms with E-state index in [1.165, 1.54) is 0 Å². The summed E-state index contributed by atoms with van der Waals surface area (Å²) in [4.78, 5) is 0. The number of hydrogen-bond acceptors (Lipinski definition) is 3. The molecule has 0 fully saturated rings. The van der Waals surface area contributed by atoms with Gasteiger partial charge in [0.2, 0.25) is 0 Å². The summed E-state index contributed by atoms with van der Waals surface area (Å²) < 4.78 is 9.83. The van der Waals surface area contributed by atoms with Gasteiger partial charge in [0.1, 0.15) is 0 Å². The first-order valence-corrected chi connectivity index (χ1v) is 2.96. The third-order valence-corrected chi connectivity index (χ3v) is 1.04. The van der Waals surface area contributed by atoms with Crippen LogP contribution in [0.1, 0.15) is 6.92 Å². The van der Waals surface area contributed by atoms with E-state index in [-0.39, 0.29) is 6.29 Å². The fraction of sp³-hybridized carbons (Fsp3) is 0.667. The van der Waals surface area contributed by atoms with Gasteiger partial charge < -0.3 is 14.6 Å². The number of rotatable bonds is 2. The second-order valence-corrected chi connectivity index (χ2v) is 1.74. The largest absolute Gasteiger partial charge is 0.365 e. The highest BCUT2D eigenvalue weighted by Crippen LogP contribution is 2.09. The van der Waals surface area contributed by atoms with Crippen molar-refractivity contribution in [3.05, 3.63) is 12.2 Å². The molecule has 1 rings (SSSR count). The predicted molar refractivity (Wildman–Crippen MR) is 31.6 cm³/mol. The third-order valence-electron chi connectivity index (χ3n) is 1.04. The molecule has 0 saturated heterocycles. The van der Waals surface area contributed by atoms with E-state index in [1.807, 2.05) is 6.92 Å². The lowest BCUT2D eigenvalue weighted by atomic mass is 10.5. The Bertz CT molecular complexity index is 111. The van der Waals surface area contributed by atoms with E-state index < -0.39 is 6.29 Å². The molecule has 0 bridgehead atoms. The molecule has 1 aliphatic heterocycles. The van der Waals surface area contributed by atoms with E-state index >= 15 is 0 Å². The highest BCUT2D eigenvalue weighted by molar-refractivity contribution is 4.93. The van der Waals surface area contributed by atoms with Crippen LogP contribution < -0.4 is 0 Å². The summed E-state index contributed by atoms with van der Waals surface area (Å²) in [5.74, 6) is 0. The molecule has 2 unspecified atom stereocenters. The minimum absolute atomic E-state index is 0.343. The second-order valence-electron chi connectivity index (χ2n) is 1.74. The quantitative estimate of drug-likeness (QED) is 0.545. The van der Waals surface area contributed by atoms with Crippen LogP contribution in [0.5, 0.6) is 0 Å². The van der Waals surface area contributed by atoms with Gasteiger partial charge in [-0.15, -0.1) is 0 Å². The molecular weight excluding hydrogens is 120 g/mol. The van der Waals surface area contributed by atoms with E-state index in [0.29, 0.717) is 6.61 Å². The molecular formula is C6H10O3. The first kappa shape index (κ1) is 6.74. The number of ether oxygens (including phenoxy) is 2. The molecule has 9 heavy (non-hydrogen) atoms. The summed E-state index contributed by atoms with van der Waals surface area (Å²) in [7, 11) is 0. The fourth-order valence-electron chi connectivity index (χ4n) is 0.673. The van der Waals surface area contributed by atoms with Crippen LogP contribution in [-0.4, -0.2) is 24.3 Å². The minimum atomic E-state index is -0.776. The maximum absolute atomic E-state index is 8.74. The summed E-state index contributed by atoms with van der Waals surface area (Å²) in [6.07, 6.45) is 2.13. The standard InChI is InChI=1S/C6H10O3/c1-2-8-6-4-3-5(7)9-6/h3-7H,2H2,1H3. The van der Waals surface area contributed by atoms with Crippen LogP contribution in [-0.2, 0) is 9.47 Å². The Balaban J connectivity index is 2.24. The summed E-state index contributed by atoms with van der Waals surface area (Å²) in [6, 6.07) is 0. The van der Waals surface area contributed by atoms with Gasteiger partial charge >= 0.3 is 0 Å². The Kier molecular flexibility index (Phi) is 2.22. The normalized spacial score (nSPS) is 33.6. The maximum Gasteiger partial charge on any atom is 0.180 e. The Morgan fingerprint density at radius 3 is 2.89 bits per heavy atom. The number of hydrogen-bond donors (Lipinski definition) is 1. The highest BCUT2D eigenvalue weighted by atomic mass is 16.7. The highest BCUT2D eigenvalue weighted by Gasteiger charge is 2.15. The lowest BCUT2D eigenvalue weighted by molar-refractivity contribution is -0.171. The van der Waals surface area contributed by atoms with Gasteiger partial charge in [-0.05, 0) is 19.1 Å². The molecule has 3 nitrogen and oxygen atoms in total. The molecule has 0 saturated carbocycles. The van der Waals surface area contributed by atoms with Gasteiger partial charge in [-0.1, -0.05) is 0 Å². The average Bonchev–Trinajstić information content (AvgIpc) is 2.17. The molecule has 1 N–H and O–H groups in total. The average molecular weight is 130 g/mol. The van der Waals surface area contributed by atoms with Crippen molar-refractivity contribution in [2.75, 3.05) is 6.61 Å². The monoisotopic (exact) mass is 130 g/mol. The van der Waals surface area contributed by atoms with Crippen LogP contribution in [0.25, 0.3) is 0 Å². The van der Waals surface area contributed by atoms with Gasteiger partial charge in [-0.3, -0.25) is 0 Å². The molecule has 52 valence electrons. The van der Waals surface area contributed by atoms with E-state index in [4.69, 9.17) is 14.6 Å². The Labute approximate surface area is 53.9 Å². The van der Waals surface area contributed by atoms with Crippen molar-refractivity contribution < 1.29 is 14.6 Å². The van der Waals surface area contributed by atoms with Crippen LogP contribution in [0.3, 0.4) is 0 Å². The van der Waals surface area contributed by atoms with Crippen molar-refractivity contribution in [2.45, 2.75) is 19.5 Å². The zero-order valence-corrected chi connectivity index (χ0v) is 5.28. The van der Waals surface area contributed by atoms with Crippen LogP contribution in [0, 0.1) is 0 Å². The van der Waals surface area contributed by atoms with Crippen LogP contribution in [0.2, 0.25) is 0 Å². The molecule has 0 amide bonds. The van der Waals surface area contributed by atoms with Gasteiger partial charge in [0.25, 0.3) is 0 Å². The van der Waals surface area contributed by atoms with Crippen LogP contribution in [0.15, 0.2) is 12.2 Å². The lowest BCUT2D eigenvalue weighted by Gasteiger charge is -2.08. The lowest BCUT2D eigenvalue weighted by Crippen LogP contribution is -2.14. The molecule has 0 aromatic carbocycles. The Morgan fingerprint density at radius 2 is 2.44 bits per heavy atom. The van der Waals surface area contributed by atoms with Crippen molar-refractivity contribution in [3.8, 4) is 0 Å². The number of aliphatic hydroxyl groups excluding tert-OH is 1. The van der Waals surface area contributed by atoms with Crippen molar-refractivity contribution in [2.24, 2.45) is 0 Å². The van der Waals surface area contributed by atoms with Gasteiger partial charge in [0, 0.05) is 6.61 Å². The summed E-state index contributed by atoms with van der Waals surface area (Å²) in [5, 5.41) is 8.74. The van der Waals surface area contributed by atoms with E-state index in [2.05, 4.69) is 0 Å². The van der Waals surface area contributed by atoms with E-state index in [9.17, 15) is 0 Å². The van der Waals surface area contributed by atoms with Gasteiger partial charge in [0.15, 0.2) is 12.6 Å². The SMILES string of the molecule is CCOC1C=CC(O)O1. The van der Waals surface area contributed by atoms with Gasteiger partial charge in [0.05, 0.1) is 0 Å². The summed E-state index contributed by atoms with van der Waals surface area (Å²) in [6.45, 7) is 2.48. The fourth-order valence-corrected chi connectivity index (χ4v) is 0.673. The Hall–Kier alpha value is -0.380. The molecule has 1 heterocycles. The van der Waals surface area contributed by atoms with Crippen molar-refractivity contribution in [3.63, 3.8) is 0 Å². The topological polar surface area (TPSA) is 38.7 Å². The minimum Gasteiger partial charge on any atom is -0.365 e. The zero-order chi connectivity index (χ0) is 6.69. The van der Waals surface area contributed by atoms with Crippen molar-refractivity contribution in [1.82, 2.24) is 0 Å². The molecule has 0 aromatic heterocycles. The van der Waals surface area contributed by atoms with Gasteiger partial charge in [-0.2, -0.15) is 0 Å². The molecule has 0 spiro atoms. The van der Waals surface area contributed by atoms with Crippen LogP contribution >= 0.6 is 0 Å². The first-order chi connectivity index (χ1) is 4.33. The predicted octanol–water partition coefficient (Wildman–Crippen LogP) is 0.254. The van der Waals surface area contributed by atoms with Crippen LogP contribution in [0.4, 0.5) is 0 Å². The zero-order valence-electron chi connectivity index (χ0n) is 5.28. The van der Waals surface area contributed by atoms with Crippen molar-refractivity contribution >= 4 is 0 Å². The molecule has 0 radical (unpaired) electrons. The maximum atomic E-state index is 8.74. The third kappa shape index (κ3) is 1.78. The summed E-state index contributed by atoms with van der Waals surface area (Å²) >= 11 is 0. The van der Waals surface area contributed by atoms with Gasteiger partial charge in [-0.25, -0.2) is 0 Å². The molecule has 0 aliphatic carbocycles. The number of aliphatic hydroxyl groups is 1. The summed E-state index contributed by atoms with van der Waals surface area (Å²) in [5.41, 5.74) is 0. The van der Waals surface area contributed by atoms with E-state index in [1.54, 1.807) is 12.2 Å². The molecule has 3 heteroatoms. The smallest absolute Gasteiger partial charge is 0.180 e. The molecule has 1 aliphatic rings. The Morgan fingerprint density at radius 1 is 1.67 bits per heavy atom. The van der Waals surface area contributed by atoms with E-state index in [0.717, 1.165) is 0 Å². The first-order valence-electron chi connectivity index (χ1n) is 2.96. The molecule has 2 atom stereocenters. The second kappa shape index (κ2) is 2.96. The molecule has 0 aromatic rings.